The summed E-state index contributed by atoms with van der Waals surface area (Å²) in [4.78, 5) is 16.9. The Morgan fingerprint density at radius 1 is 0.886 bits per heavy atom. The van der Waals surface area contributed by atoms with Gasteiger partial charge in [0, 0.05) is 48.2 Å². The Balaban J connectivity index is 1.27. The van der Waals surface area contributed by atoms with Gasteiger partial charge in [0.25, 0.3) is 0 Å². The summed E-state index contributed by atoms with van der Waals surface area (Å²) >= 11 is 0. The van der Waals surface area contributed by atoms with E-state index in [1.807, 2.05) is 106 Å². The van der Waals surface area contributed by atoms with Gasteiger partial charge in [0.1, 0.15) is 0 Å². The van der Waals surface area contributed by atoms with Gasteiger partial charge >= 0.3 is 0 Å². The second-order valence-electron chi connectivity index (χ2n) is 12.3. The van der Waals surface area contributed by atoms with E-state index in [0.29, 0.717) is 22.6 Å². The molecule has 0 saturated carbocycles. The van der Waals surface area contributed by atoms with E-state index in [2.05, 4.69) is 27.1 Å². The van der Waals surface area contributed by atoms with E-state index >= 15 is 0 Å². The molecule has 1 aliphatic rings. The van der Waals surface area contributed by atoms with Crippen molar-refractivity contribution in [1.29, 1.82) is 0 Å². The fourth-order valence-electron chi connectivity index (χ4n) is 6.08. The number of hydrogen-bond acceptors (Lipinski definition) is 5. The van der Waals surface area contributed by atoms with Crippen molar-refractivity contribution in [3.05, 3.63) is 102 Å². The van der Waals surface area contributed by atoms with Crippen LogP contribution < -0.4 is 14.9 Å². The van der Waals surface area contributed by atoms with Gasteiger partial charge in [-0.3, -0.25) is 4.79 Å². The lowest BCUT2D eigenvalue weighted by Crippen LogP contribution is -2.36. The number of carbonyl (C=O) groups excluding carboxylic acids is 1. The molecule has 4 aromatic carbocycles. The molecular weight excluding hydrogens is 568 g/mol. The van der Waals surface area contributed by atoms with Gasteiger partial charge in [-0.25, -0.2) is 13.1 Å². The van der Waals surface area contributed by atoms with Crippen LogP contribution in [0.15, 0.2) is 95.9 Å². The first-order chi connectivity index (χ1) is 21.1. The smallest absolute Gasteiger partial charge is 0.241 e. The van der Waals surface area contributed by atoms with Crippen LogP contribution in [-0.2, 0) is 14.8 Å². The molecule has 2 N–H and O–H groups in total. The van der Waals surface area contributed by atoms with E-state index in [-0.39, 0.29) is 17.9 Å². The molecular formula is C36H44N4O3S. The molecule has 0 bridgehead atoms. The number of benzene rings is 4. The van der Waals surface area contributed by atoms with Gasteiger partial charge in [0.2, 0.25) is 15.9 Å². The highest BCUT2D eigenvalue weighted by atomic mass is 32.2. The molecule has 1 fully saturated rings. The second kappa shape index (κ2) is 13.9. The molecule has 4 aromatic rings. The first-order valence-corrected chi connectivity index (χ1v) is 17.0. The van der Waals surface area contributed by atoms with Crippen molar-refractivity contribution in [1.82, 2.24) is 9.62 Å². The Morgan fingerprint density at radius 3 is 2.27 bits per heavy atom. The molecule has 1 heterocycles. The van der Waals surface area contributed by atoms with Crippen molar-refractivity contribution in [2.24, 2.45) is 5.92 Å². The van der Waals surface area contributed by atoms with E-state index < -0.39 is 10.0 Å². The number of nitrogens with one attached hydrogen (secondary N) is 2. The molecule has 5 rings (SSSR count). The number of amides is 1. The zero-order valence-corrected chi connectivity index (χ0v) is 27.0. The average molecular weight is 613 g/mol. The Kier molecular flexibility index (Phi) is 10.0. The van der Waals surface area contributed by atoms with Gasteiger partial charge in [-0.1, -0.05) is 80.6 Å². The highest BCUT2D eigenvalue weighted by Crippen LogP contribution is 2.33. The normalized spacial score (nSPS) is 15.4. The number of rotatable bonds is 11. The zero-order chi connectivity index (χ0) is 31.3. The molecule has 44 heavy (non-hydrogen) atoms. The van der Waals surface area contributed by atoms with Crippen molar-refractivity contribution >= 4 is 38.1 Å². The molecule has 0 radical (unpaired) electrons. The third-order valence-electron chi connectivity index (χ3n) is 8.60. The summed E-state index contributed by atoms with van der Waals surface area (Å²) in [5.74, 6) is 0.400. The van der Waals surface area contributed by atoms with Crippen LogP contribution >= 0.6 is 0 Å². The van der Waals surface area contributed by atoms with Crippen LogP contribution in [0.1, 0.15) is 56.2 Å². The first-order valence-electron chi connectivity index (χ1n) is 15.5. The summed E-state index contributed by atoms with van der Waals surface area (Å²) < 4.78 is 30.9. The molecule has 0 spiro atoms. The SMILES string of the molecule is CC(C)C(=O)Nc1cccc(C2CCN(CCC(NS(=O)(=O)c3cccc4c(N(C)C)cccc34)c3ccccc3)CC2)c1. The highest BCUT2D eigenvalue weighted by molar-refractivity contribution is 7.89. The lowest BCUT2D eigenvalue weighted by molar-refractivity contribution is -0.118. The predicted octanol–water partition coefficient (Wildman–Crippen LogP) is 6.79. The van der Waals surface area contributed by atoms with Crippen molar-refractivity contribution in [3.63, 3.8) is 0 Å². The van der Waals surface area contributed by atoms with Crippen molar-refractivity contribution in [2.45, 2.75) is 50.0 Å². The molecule has 1 aliphatic heterocycles. The van der Waals surface area contributed by atoms with Gasteiger partial charge in [-0.2, -0.15) is 0 Å². The van der Waals surface area contributed by atoms with E-state index in [1.54, 1.807) is 6.07 Å². The summed E-state index contributed by atoms with van der Waals surface area (Å²) in [6.45, 7) is 6.47. The molecule has 0 aromatic heterocycles. The third kappa shape index (κ3) is 7.49. The zero-order valence-electron chi connectivity index (χ0n) is 26.2. The summed E-state index contributed by atoms with van der Waals surface area (Å²) in [5, 5.41) is 4.64. The summed E-state index contributed by atoms with van der Waals surface area (Å²) in [7, 11) is 0.121. The number of likely N-dealkylation sites (tertiary alicyclic amines) is 1. The van der Waals surface area contributed by atoms with Crippen LogP contribution in [0, 0.1) is 5.92 Å². The molecule has 0 aliphatic carbocycles. The number of anilines is 2. The van der Waals surface area contributed by atoms with E-state index in [1.165, 1.54) is 5.56 Å². The minimum absolute atomic E-state index is 0.0272. The standard InChI is InChI=1S/C36H44N4O3S/c1-26(2)36(41)37-30-14-8-13-29(25-30)27-19-22-40(23-20-27)24-21-33(28-11-6-5-7-12-28)38-44(42,43)35-18-10-15-31-32(35)16-9-17-34(31)39(3)4/h5-18,25-27,33,38H,19-24H2,1-4H3,(H,37,41). The summed E-state index contributed by atoms with van der Waals surface area (Å²) in [6, 6.07) is 29.0. The predicted molar refractivity (Wildman–Crippen MR) is 181 cm³/mol. The van der Waals surface area contributed by atoms with Crippen molar-refractivity contribution in [2.75, 3.05) is 43.9 Å². The molecule has 1 atom stereocenters. The van der Waals surface area contributed by atoms with Gasteiger partial charge < -0.3 is 15.1 Å². The number of carbonyl (C=O) groups is 1. The second-order valence-corrected chi connectivity index (χ2v) is 14.0. The van der Waals surface area contributed by atoms with E-state index in [9.17, 15) is 13.2 Å². The summed E-state index contributed by atoms with van der Waals surface area (Å²) in [5.41, 5.74) is 4.05. The minimum Gasteiger partial charge on any atom is -0.377 e. The van der Waals surface area contributed by atoms with Gasteiger partial charge in [-0.15, -0.1) is 0 Å². The average Bonchev–Trinajstić information content (AvgIpc) is 3.03. The van der Waals surface area contributed by atoms with Crippen LogP contribution in [0.5, 0.6) is 0 Å². The molecule has 232 valence electrons. The van der Waals surface area contributed by atoms with Gasteiger partial charge in [0.05, 0.1) is 4.90 Å². The Labute approximate surface area is 262 Å². The Bertz CT molecular complexity index is 1680. The van der Waals surface area contributed by atoms with Crippen molar-refractivity contribution in [3.8, 4) is 0 Å². The number of piperidine rings is 1. The highest BCUT2D eigenvalue weighted by Gasteiger charge is 2.26. The first kappa shape index (κ1) is 31.7. The van der Waals surface area contributed by atoms with Crippen LogP contribution in [-0.4, -0.2) is 53.0 Å². The van der Waals surface area contributed by atoms with Crippen LogP contribution in [0.4, 0.5) is 11.4 Å². The van der Waals surface area contributed by atoms with Gasteiger partial charge in [-0.05, 0) is 80.2 Å². The minimum atomic E-state index is -3.81. The fourth-order valence-corrected chi connectivity index (χ4v) is 7.56. The number of sulfonamides is 1. The lowest BCUT2D eigenvalue weighted by Gasteiger charge is -2.33. The van der Waals surface area contributed by atoms with Crippen molar-refractivity contribution < 1.29 is 13.2 Å². The van der Waals surface area contributed by atoms with Gasteiger partial charge in [0.15, 0.2) is 0 Å². The number of fused-ring (bicyclic) bond motifs is 1. The maximum absolute atomic E-state index is 13.9. The van der Waals surface area contributed by atoms with Crippen LogP contribution in [0.3, 0.4) is 0 Å². The van der Waals surface area contributed by atoms with E-state index in [4.69, 9.17) is 0 Å². The van der Waals surface area contributed by atoms with E-state index in [0.717, 1.165) is 54.8 Å². The quantitative estimate of drug-likeness (QED) is 0.195. The summed E-state index contributed by atoms with van der Waals surface area (Å²) in [6.07, 6.45) is 2.71. The number of hydrogen-bond donors (Lipinski definition) is 2. The molecule has 1 amide bonds. The fraction of sp³-hybridized carbons (Fsp3) is 0.361. The Morgan fingerprint density at radius 2 is 1.57 bits per heavy atom. The monoisotopic (exact) mass is 612 g/mol. The largest absolute Gasteiger partial charge is 0.377 e. The molecule has 1 unspecified atom stereocenters. The third-order valence-corrected chi connectivity index (χ3v) is 10.1. The van der Waals surface area contributed by atoms with Crippen LogP contribution in [0.2, 0.25) is 0 Å². The van der Waals surface area contributed by atoms with Crippen LogP contribution in [0.25, 0.3) is 10.8 Å². The molecule has 1 saturated heterocycles. The maximum Gasteiger partial charge on any atom is 0.241 e. The molecule has 7 nitrogen and oxygen atoms in total. The Hall–Kier alpha value is -3.72. The number of nitrogens with zero attached hydrogens (tertiary/aromatic N) is 2. The lowest BCUT2D eigenvalue weighted by atomic mass is 9.89. The maximum atomic E-state index is 13.9. The molecule has 8 heteroatoms. The topological polar surface area (TPSA) is 81.8 Å².